The summed E-state index contributed by atoms with van der Waals surface area (Å²) in [6.07, 6.45) is 0. The highest BCUT2D eigenvalue weighted by Gasteiger charge is 2.15. The first-order valence-electron chi connectivity index (χ1n) is 6.08. The highest BCUT2D eigenvalue weighted by Crippen LogP contribution is 2.15. The van der Waals surface area contributed by atoms with Crippen LogP contribution >= 0.6 is 0 Å². The summed E-state index contributed by atoms with van der Waals surface area (Å²) >= 11 is 0. The molecule has 5 nitrogen and oxygen atoms in total. The zero-order valence-corrected chi connectivity index (χ0v) is 10.5. The Hall–Kier alpha value is -2.95. The second-order valence-electron chi connectivity index (χ2n) is 4.11. The predicted octanol–water partition coefficient (Wildman–Crippen LogP) is 2.99. The van der Waals surface area contributed by atoms with Crippen molar-refractivity contribution in [3.8, 4) is 11.4 Å². The monoisotopic (exact) mass is 265 g/mol. The predicted molar refractivity (Wildman–Crippen MR) is 74.1 cm³/mol. The van der Waals surface area contributed by atoms with Gasteiger partial charge >= 0.3 is 11.8 Å². The standard InChI is InChI=1S/C15H11N3O2/c19-14(16-12-9-5-2-6-10-12)15-17-13(18-20-15)11-7-3-1-4-8-11/h1-10H,(H,16,19). The third-order valence-corrected chi connectivity index (χ3v) is 2.68. The number of nitrogens with zero attached hydrogens (tertiary/aromatic N) is 2. The van der Waals surface area contributed by atoms with Crippen LogP contribution < -0.4 is 5.32 Å². The van der Waals surface area contributed by atoms with E-state index in [4.69, 9.17) is 4.52 Å². The third-order valence-electron chi connectivity index (χ3n) is 2.68. The summed E-state index contributed by atoms with van der Waals surface area (Å²) in [6.45, 7) is 0. The van der Waals surface area contributed by atoms with E-state index in [-0.39, 0.29) is 5.89 Å². The smallest absolute Gasteiger partial charge is 0.316 e. The van der Waals surface area contributed by atoms with Gasteiger partial charge in [0.1, 0.15) is 0 Å². The molecule has 0 saturated carbocycles. The van der Waals surface area contributed by atoms with Crippen molar-refractivity contribution in [3.63, 3.8) is 0 Å². The third kappa shape index (κ3) is 2.56. The maximum atomic E-state index is 12.0. The minimum absolute atomic E-state index is 0.0623. The summed E-state index contributed by atoms with van der Waals surface area (Å²) in [5, 5.41) is 6.49. The molecule has 3 rings (SSSR count). The Kier molecular flexibility index (Phi) is 3.24. The number of hydrogen-bond donors (Lipinski definition) is 1. The molecule has 5 heteroatoms. The molecule has 0 radical (unpaired) electrons. The second kappa shape index (κ2) is 5.36. The number of aromatic nitrogens is 2. The van der Waals surface area contributed by atoms with Gasteiger partial charge in [-0.15, -0.1) is 0 Å². The van der Waals surface area contributed by atoms with E-state index in [1.165, 1.54) is 0 Å². The van der Waals surface area contributed by atoms with E-state index in [0.717, 1.165) is 5.56 Å². The maximum Gasteiger partial charge on any atom is 0.316 e. The molecule has 0 fully saturated rings. The number of hydrogen-bond acceptors (Lipinski definition) is 4. The van der Waals surface area contributed by atoms with Crippen LogP contribution in [0.4, 0.5) is 5.69 Å². The van der Waals surface area contributed by atoms with Gasteiger partial charge in [0.15, 0.2) is 0 Å². The Morgan fingerprint density at radius 1 is 0.950 bits per heavy atom. The molecule has 1 heterocycles. The molecular formula is C15H11N3O2. The molecule has 1 N–H and O–H groups in total. The lowest BCUT2D eigenvalue weighted by Gasteiger charge is -1.99. The van der Waals surface area contributed by atoms with Gasteiger partial charge in [0, 0.05) is 11.3 Å². The zero-order chi connectivity index (χ0) is 13.8. The summed E-state index contributed by atoms with van der Waals surface area (Å²) in [6, 6.07) is 18.4. The van der Waals surface area contributed by atoms with Gasteiger partial charge in [-0.2, -0.15) is 4.98 Å². The highest BCUT2D eigenvalue weighted by atomic mass is 16.5. The van der Waals surface area contributed by atoms with Gasteiger partial charge in [-0.1, -0.05) is 53.7 Å². The Labute approximate surface area is 115 Å². The number of para-hydroxylation sites is 1. The molecule has 2 aromatic carbocycles. The fourth-order valence-electron chi connectivity index (χ4n) is 1.73. The minimum Gasteiger partial charge on any atom is -0.328 e. The van der Waals surface area contributed by atoms with Crippen molar-refractivity contribution in [2.75, 3.05) is 5.32 Å². The molecule has 0 aliphatic rings. The van der Waals surface area contributed by atoms with Crippen molar-refractivity contribution in [2.45, 2.75) is 0 Å². The molecule has 3 aromatic rings. The molecule has 0 atom stereocenters. The molecule has 1 amide bonds. The molecule has 0 aliphatic carbocycles. The van der Waals surface area contributed by atoms with E-state index < -0.39 is 5.91 Å². The van der Waals surface area contributed by atoms with E-state index in [9.17, 15) is 4.79 Å². The van der Waals surface area contributed by atoms with E-state index in [0.29, 0.717) is 11.5 Å². The molecule has 0 bridgehead atoms. The van der Waals surface area contributed by atoms with Crippen LogP contribution in [-0.2, 0) is 0 Å². The number of anilines is 1. The van der Waals surface area contributed by atoms with Crippen LogP contribution in [0.5, 0.6) is 0 Å². The Morgan fingerprint density at radius 3 is 2.30 bits per heavy atom. The van der Waals surface area contributed by atoms with Crippen molar-refractivity contribution in [1.82, 2.24) is 10.1 Å². The summed E-state index contributed by atoms with van der Waals surface area (Å²) in [7, 11) is 0. The average molecular weight is 265 g/mol. The van der Waals surface area contributed by atoms with Gasteiger partial charge in [-0.3, -0.25) is 4.79 Å². The molecule has 0 unspecified atom stereocenters. The van der Waals surface area contributed by atoms with E-state index in [1.807, 2.05) is 48.5 Å². The number of rotatable bonds is 3. The van der Waals surface area contributed by atoms with Gasteiger partial charge in [-0.25, -0.2) is 0 Å². The molecule has 1 aromatic heterocycles. The van der Waals surface area contributed by atoms with E-state index in [2.05, 4.69) is 15.5 Å². The fourth-order valence-corrected chi connectivity index (χ4v) is 1.73. The quantitative estimate of drug-likeness (QED) is 0.790. The summed E-state index contributed by atoms with van der Waals surface area (Å²) in [4.78, 5) is 16.0. The number of nitrogens with one attached hydrogen (secondary N) is 1. The maximum absolute atomic E-state index is 12.0. The topological polar surface area (TPSA) is 68.0 Å². The number of carbonyl (C=O) groups excluding carboxylic acids is 1. The summed E-state index contributed by atoms with van der Waals surface area (Å²) in [5.41, 5.74) is 1.48. The Bertz CT molecular complexity index is 708. The molecular weight excluding hydrogens is 254 g/mol. The van der Waals surface area contributed by atoms with Crippen LogP contribution in [0.15, 0.2) is 65.2 Å². The van der Waals surface area contributed by atoms with Crippen molar-refractivity contribution in [3.05, 3.63) is 66.6 Å². The lowest BCUT2D eigenvalue weighted by Crippen LogP contribution is -2.12. The van der Waals surface area contributed by atoms with Gasteiger partial charge in [0.25, 0.3) is 0 Å². The first kappa shape index (κ1) is 12.1. The number of benzene rings is 2. The van der Waals surface area contributed by atoms with Gasteiger partial charge < -0.3 is 9.84 Å². The molecule has 0 saturated heterocycles. The normalized spacial score (nSPS) is 10.2. The molecule has 0 aliphatic heterocycles. The molecule has 20 heavy (non-hydrogen) atoms. The van der Waals surface area contributed by atoms with Crippen molar-refractivity contribution < 1.29 is 9.32 Å². The van der Waals surface area contributed by atoms with Crippen LogP contribution in [0.3, 0.4) is 0 Å². The fraction of sp³-hybridized carbons (Fsp3) is 0. The summed E-state index contributed by atoms with van der Waals surface area (Å²) < 4.78 is 4.98. The SMILES string of the molecule is O=C(Nc1ccccc1)c1nc(-c2ccccc2)no1. The van der Waals surface area contributed by atoms with E-state index >= 15 is 0 Å². The Morgan fingerprint density at radius 2 is 1.60 bits per heavy atom. The lowest BCUT2D eigenvalue weighted by atomic mass is 10.2. The molecule has 98 valence electrons. The van der Waals surface area contributed by atoms with Crippen LogP contribution in [0, 0.1) is 0 Å². The van der Waals surface area contributed by atoms with Crippen LogP contribution in [0.1, 0.15) is 10.7 Å². The number of amides is 1. The van der Waals surface area contributed by atoms with Crippen LogP contribution in [0.2, 0.25) is 0 Å². The molecule has 0 spiro atoms. The van der Waals surface area contributed by atoms with Crippen molar-refractivity contribution in [2.24, 2.45) is 0 Å². The highest BCUT2D eigenvalue weighted by molar-refractivity contribution is 6.01. The van der Waals surface area contributed by atoms with Gasteiger partial charge in [-0.05, 0) is 12.1 Å². The summed E-state index contributed by atoms with van der Waals surface area (Å²) in [5.74, 6) is -0.0950. The zero-order valence-electron chi connectivity index (χ0n) is 10.5. The first-order chi connectivity index (χ1) is 9.83. The van der Waals surface area contributed by atoms with Crippen LogP contribution in [0.25, 0.3) is 11.4 Å². The second-order valence-corrected chi connectivity index (χ2v) is 4.11. The number of carbonyl (C=O) groups is 1. The van der Waals surface area contributed by atoms with Gasteiger partial charge in [0.05, 0.1) is 0 Å². The minimum atomic E-state index is -0.425. The van der Waals surface area contributed by atoms with E-state index in [1.54, 1.807) is 12.1 Å². The van der Waals surface area contributed by atoms with Crippen molar-refractivity contribution >= 4 is 11.6 Å². The van der Waals surface area contributed by atoms with Crippen molar-refractivity contribution in [1.29, 1.82) is 0 Å². The van der Waals surface area contributed by atoms with Crippen LogP contribution in [-0.4, -0.2) is 16.0 Å². The first-order valence-corrected chi connectivity index (χ1v) is 6.08. The Balaban J connectivity index is 1.79. The van der Waals surface area contributed by atoms with Gasteiger partial charge in [0.2, 0.25) is 5.82 Å². The lowest BCUT2D eigenvalue weighted by molar-refractivity contribution is 0.0981. The average Bonchev–Trinajstić information content (AvgIpc) is 2.99. The largest absolute Gasteiger partial charge is 0.328 e.